The Hall–Kier alpha value is -0.510. The fourth-order valence-corrected chi connectivity index (χ4v) is 3.29. The zero-order chi connectivity index (χ0) is 12.3. The molecule has 1 aliphatic rings. The number of rotatable bonds is 4. The van der Waals surface area contributed by atoms with E-state index in [1.165, 1.54) is 34.6 Å². The van der Waals surface area contributed by atoms with Crippen molar-refractivity contribution in [1.29, 1.82) is 0 Å². The number of benzene rings is 1. The molecule has 0 saturated heterocycles. The van der Waals surface area contributed by atoms with Gasteiger partial charge in [-0.15, -0.1) is 11.8 Å². The van der Waals surface area contributed by atoms with Gasteiger partial charge in [0.05, 0.1) is 0 Å². The first-order valence-electron chi connectivity index (χ1n) is 6.30. The maximum atomic E-state index is 5.51. The quantitative estimate of drug-likeness (QED) is 0.806. The summed E-state index contributed by atoms with van der Waals surface area (Å²) in [6.45, 7) is 6.01. The van der Waals surface area contributed by atoms with E-state index in [0.29, 0.717) is 6.67 Å². The van der Waals surface area contributed by atoms with Crippen molar-refractivity contribution in [2.45, 2.75) is 37.0 Å². The van der Waals surface area contributed by atoms with Crippen LogP contribution in [0.1, 0.15) is 31.4 Å². The molecule has 0 atom stereocenters. The van der Waals surface area contributed by atoms with Gasteiger partial charge in [-0.05, 0) is 35.8 Å². The van der Waals surface area contributed by atoms with Gasteiger partial charge in [0.15, 0.2) is 0 Å². The summed E-state index contributed by atoms with van der Waals surface area (Å²) in [6.07, 6.45) is 2.54. The van der Waals surface area contributed by atoms with Crippen LogP contribution in [-0.4, -0.2) is 19.0 Å². The number of nitrogens with two attached hydrogens (primary N) is 1. The fourth-order valence-electron chi connectivity index (χ4n) is 2.27. The van der Waals surface area contributed by atoms with E-state index in [0.717, 1.165) is 6.54 Å². The largest absolute Gasteiger partial charge is 0.318 e. The fraction of sp³-hybridized carbons (Fsp3) is 0.571. The number of hydrogen-bond donors (Lipinski definition) is 2. The Labute approximate surface area is 108 Å². The molecule has 0 unspecified atom stereocenters. The van der Waals surface area contributed by atoms with E-state index in [1.54, 1.807) is 0 Å². The average Bonchev–Trinajstić information content (AvgIpc) is 2.36. The molecule has 17 heavy (non-hydrogen) atoms. The van der Waals surface area contributed by atoms with E-state index in [2.05, 4.69) is 37.4 Å². The maximum Gasteiger partial charge on any atom is 0.0429 e. The molecule has 0 aliphatic carbocycles. The van der Waals surface area contributed by atoms with Crippen molar-refractivity contribution in [2.75, 3.05) is 19.0 Å². The Kier molecular flexibility index (Phi) is 4.13. The molecule has 0 spiro atoms. The smallest absolute Gasteiger partial charge is 0.0429 e. The van der Waals surface area contributed by atoms with E-state index in [-0.39, 0.29) is 5.41 Å². The van der Waals surface area contributed by atoms with Crippen LogP contribution >= 0.6 is 11.8 Å². The topological polar surface area (TPSA) is 38.0 Å². The summed E-state index contributed by atoms with van der Waals surface area (Å²) in [4.78, 5) is 1.47. The van der Waals surface area contributed by atoms with Gasteiger partial charge in [0.1, 0.15) is 0 Å². The van der Waals surface area contributed by atoms with Gasteiger partial charge in [0, 0.05) is 23.5 Å². The highest BCUT2D eigenvalue weighted by Crippen LogP contribution is 2.33. The van der Waals surface area contributed by atoms with Crippen molar-refractivity contribution in [1.82, 2.24) is 5.32 Å². The van der Waals surface area contributed by atoms with E-state index < -0.39 is 0 Å². The molecule has 0 fully saturated rings. The summed E-state index contributed by atoms with van der Waals surface area (Å²) >= 11 is 1.99. The van der Waals surface area contributed by atoms with Crippen LogP contribution < -0.4 is 11.1 Å². The van der Waals surface area contributed by atoms with Crippen molar-refractivity contribution in [2.24, 2.45) is 5.73 Å². The highest BCUT2D eigenvalue weighted by atomic mass is 32.2. The molecule has 1 aromatic carbocycles. The van der Waals surface area contributed by atoms with E-state index >= 15 is 0 Å². The average molecular weight is 250 g/mol. The minimum absolute atomic E-state index is 0.149. The molecule has 1 aromatic rings. The molecule has 3 heteroatoms. The summed E-state index contributed by atoms with van der Waals surface area (Å²) in [5.74, 6) is 1.27. The second kappa shape index (κ2) is 5.42. The van der Waals surface area contributed by atoms with Crippen LogP contribution in [0.3, 0.4) is 0 Å². The standard InChI is InChI=1S/C14H22N2S/c1-14(2,9-16-10-15)12-5-6-13-11(8-12)4-3-7-17-13/h5-6,8,16H,3-4,7,9-10,15H2,1-2H3. The molecular weight excluding hydrogens is 228 g/mol. The Morgan fingerprint density at radius 3 is 3.00 bits per heavy atom. The highest BCUT2D eigenvalue weighted by Gasteiger charge is 2.21. The predicted octanol–water partition coefficient (Wildman–Crippen LogP) is 2.51. The Balaban J connectivity index is 2.20. The third kappa shape index (κ3) is 3.03. The lowest BCUT2D eigenvalue weighted by atomic mass is 9.83. The normalized spacial score (nSPS) is 15.7. The van der Waals surface area contributed by atoms with Gasteiger partial charge in [0.25, 0.3) is 0 Å². The summed E-state index contributed by atoms with van der Waals surface area (Å²) in [6, 6.07) is 6.95. The summed E-state index contributed by atoms with van der Waals surface area (Å²) in [5, 5.41) is 3.24. The number of hydrogen-bond acceptors (Lipinski definition) is 3. The second-order valence-electron chi connectivity index (χ2n) is 5.29. The Morgan fingerprint density at radius 1 is 1.41 bits per heavy atom. The third-order valence-corrected chi connectivity index (χ3v) is 4.60. The van der Waals surface area contributed by atoms with Crippen LogP contribution in [0, 0.1) is 0 Å². The van der Waals surface area contributed by atoms with Crippen molar-refractivity contribution >= 4 is 11.8 Å². The maximum absolute atomic E-state index is 5.51. The third-order valence-electron chi connectivity index (χ3n) is 3.40. The molecule has 0 aromatic heterocycles. The molecule has 1 heterocycles. The predicted molar refractivity (Wildman–Crippen MR) is 75.6 cm³/mol. The molecule has 0 saturated carbocycles. The minimum atomic E-state index is 0.149. The number of aryl methyl sites for hydroxylation is 1. The van der Waals surface area contributed by atoms with Crippen LogP contribution in [-0.2, 0) is 11.8 Å². The van der Waals surface area contributed by atoms with Crippen molar-refractivity contribution in [3.05, 3.63) is 29.3 Å². The van der Waals surface area contributed by atoms with Crippen LogP contribution in [0.15, 0.2) is 23.1 Å². The van der Waals surface area contributed by atoms with Crippen molar-refractivity contribution in [3.63, 3.8) is 0 Å². The van der Waals surface area contributed by atoms with Crippen LogP contribution in [0.5, 0.6) is 0 Å². The monoisotopic (exact) mass is 250 g/mol. The molecule has 3 N–H and O–H groups in total. The number of nitrogens with one attached hydrogen (secondary N) is 1. The number of fused-ring (bicyclic) bond motifs is 1. The van der Waals surface area contributed by atoms with E-state index in [9.17, 15) is 0 Å². The molecule has 0 radical (unpaired) electrons. The first-order valence-corrected chi connectivity index (χ1v) is 7.29. The zero-order valence-electron chi connectivity index (χ0n) is 10.8. The van der Waals surface area contributed by atoms with Crippen LogP contribution in [0.4, 0.5) is 0 Å². The first kappa shape index (κ1) is 12.9. The zero-order valence-corrected chi connectivity index (χ0v) is 11.6. The van der Waals surface area contributed by atoms with Gasteiger partial charge in [-0.3, -0.25) is 0 Å². The minimum Gasteiger partial charge on any atom is -0.318 e. The van der Waals surface area contributed by atoms with Gasteiger partial charge >= 0.3 is 0 Å². The molecule has 0 bridgehead atoms. The lowest BCUT2D eigenvalue weighted by molar-refractivity contribution is 0.473. The van der Waals surface area contributed by atoms with Gasteiger partial charge in [-0.2, -0.15) is 0 Å². The van der Waals surface area contributed by atoms with Gasteiger partial charge in [0.2, 0.25) is 0 Å². The summed E-state index contributed by atoms with van der Waals surface area (Å²) < 4.78 is 0. The van der Waals surface area contributed by atoms with Gasteiger partial charge in [-0.1, -0.05) is 26.0 Å². The highest BCUT2D eigenvalue weighted by molar-refractivity contribution is 7.99. The summed E-state index contributed by atoms with van der Waals surface area (Å²) in [7, 11) is 0. The first-order chi connectivity index (χ1) is 8.13. The van der Waals surface area contributed by atoms with Crippen LogP contribution in [0.25, 0.3) is 0 Å². The van der Waals surface area contributed by atoms with Crippen LogP contribution in [0.2, 0.25) is 0 Å². The number of thioether (sulfide) groups is 1. The van der Waals surface area contributed by atoms with Crippen molar-refractivity contribution in [3.8, 4) is 0 Å². The molecule has 2 rings (SSSR count). The Morgan fingerprint density at radius 2 is 2.24 bits per heavy atom. The van der Waals surface area contributed by atoms with Gasteiger partial charge in [-0.25, -0.2) is 0 Å². The molecule has 0 amide bonds. The molecule has 2 nitrogen and oxygen atoms in total. The SMILES string of the molecule is CC(C)(CNCN)c1ccc2c(c1)CCCS2. The lowest BCUT2D eigenvalue weighted by Gasteiger charge is -2.27. The molecule has 94 valence electrons. The second-order valence-corrected chi connectivity index (χ2v) is 6.43. The van der Waals surface area contributed by atoms with Crippen molar-refractivity contribution < 1.29 is 0 Å². The van der Waals surface area contributed by atoms with E-state index in [1.807, 2.05) is 11.8 Å². The van der Waals surface area contributed by atoms with E-state index in [4.69, 9.17) is 5.73 Å². The lowest BCUT2D eigenvalue weighted by Crippen LogP contribution is -2.36. The Bertz CT molecular complexity index is 388. The molecular formula is C14H22N2S. The summed E-state index contributed by atoms with van der Waals surface area (Å²) in [5.41, 5.74) is 8.60. The molecule has 1 aliphatic heterocycles. The van der Waals surface area contributed by atoms with Gasteiger partial charge < -0.3 is 11.1 Å².